The molecule has 0 aliphatic carbocycles. The van der Waals surface area contributed by atoms with Crippen molar-refractivity contribution in [2.75, 3.05) is 19.7 Å². The van der Waals surface area contributed by atoms with Gasteiger partial charge in [-0.25, -0.2) is 9.20 Å². The molecular formula is C26H42ClN5O4. The molecule has 0 aromatic carbocycles. The number of aromatic nitrogens is 3. The number of hydrogen-bond acceptors (Lipinski definition) is 5. The number of carbonyl (C=O) groups is 2. The summed E-state index contributed by atoms with van der Waals surface area (Å²) in [4.78, 5) is 46.4. The molecule has 2 rings (SSSR count). The van der Waals surface area contributed by atoms with E-state index in [0.29, 0.717) is 24.9 Å². The minimum atomic E-state index is -0.634. The van der Waals surface area contributed by atoms with Crippen LogP contribution >= 0.6 is 11.6 Å². The summed E-state index contributed by atoms with van der Waals surface area (Å²) >= 11 is 6.55. The molecule has 2 aromatic rings. The van der Waals surface area contributed by atoms with Gasteiger partial charge in [-0.2, -0.15) is 4.98 Å². The third-order valence-corrected chi connectivity index (χ3v) is 6.99. The summed E-state index contributed by atoms with van der Waals surface area (Å²) in [5.74, 6) is -0.356. The first-order valence-electron chi connectivity index (χ1n) is 13.4. The molecule has 2 heterocycles. The van der Waals surface area contributed by atoms with Gasteiger partial charge >= 0.3 is 5.69 Å². The molecule has 0 saturated carbocycles. The highest BCUT2D eigenvalue weighted by Gasteiger charge is 2.30. The second-order valence-corrected chi connectivity index (χ2v) is 9.59. The smallest absolute Gasteiger partial charge is 0.336 e. The van der Waals surface area contributed by atoms with Crippen LogP contribution < -0.4 is 21.1 Å². The standard InChI is InChI=1S/C26H42ClN5O4/c1-6-11-13-17(8-3)15-28-23(33)19-20(24(34)29-16-18(9-4)14-12-7-2)22-30-25(36-10-5)31-26(35)32(22)21(19)27/h17-18H,6-16H2,1-5H3,(H,28,33)(H,29,34)(H,30,31,35). The van der Waals surface area contributed by atoms with Crippen LogP contribution in [-0.2, 0) is 0 Å². The number of unbranched alkanes of at least 4 members (excludes halogenated alkanes) is 2. The third kappa shape index (κ3) is 7.48. The molecule has 9 nitrogen and oxygen atoms in total. The Morgan fingerprint density at radius 3 is 1.94 bits per heavy atom. The minimum absolute atomic E-state index is 0.00511. The summed E-state index contributed by atoms with van der Waals surface area (Å²) in [5, 5.41) is 5.73. The van der Waals surface area contributed by atoms with Crippen LogP contribution in [0.25, 0.3) is 5.65 Å². The molecule has 2 amide bonds. The van der Waals surface area contributed by atoms with E-state index < -0.39 is 17.5 Å². The van der Waals surface area contributed by atoms with Gasteiger partial charge in [-0.05, 0) is 31.6 Å². The van der Waals surface area contributed by atoms with Crippen molar-refractivity contribution in [3.8, 4) is 6.01 Å². The van der Waals surface area contributed by atoms with Gasteiger partial charge in [0.1, 0.15) is 5.15 Å². The van der Waals surface area contributed by atoms with E-state index in [2.05, 4.69) is 48.3 Å². The predicted octanol–water partition coefficient (Wildman–Crippen LogP) is 4.97. The van der Waals surface area contributed by atoms with Gasteiger partial charge in [0.15, 0.2) is 5.65 Å². The lowest BCUT2D eigenvalue weighted by molar-refractivity contribution is 0.0913. The first-order chi connectivity index (χ1) is 17.3. The van der Waals surface area contributed by atoms with E-state index in [1.807, 2.05) is 0 Å². The van der Waals surface area contributed by atoms with Gasteiger partial charge in [0.2, 0.25) is 0 Å². The summed E-state index contributed by atoms with van der Waals surface area (Å²) < 4.78 is 6.43. The summed E-state index contributed by atoms with van der Waals surface area (Å²) in [6.45, 7) is 11.4. The largest absolute Gasteiger partial charge is 0.465 e. The Labute approximate surface area is 218 Å². The van der Waals surface area contributed by atoms with Crippen molar-refractivity contribution in [2.45, 2.75) is 86.0 Å². The first-order valence-corrected chi connectivity index (χ1v) is 13.7. The average Bonchev–Trinajstić information content (AvgIpc) is 3.16. The number of H-pyrrole nitrogens is 1. The highest BCUT2D eigenvalue weighted by atomic mass is 35.5. The zero-order chi connectivity index (χ0) is 26.7. The molecule has 0 aliphatic rings. The molecule has 2 unspecified atom stereocenters. The molecule has 36 heavy (non-hydrogen) atoms. The maximum Gasteiger partial charge on any atom is 0.336 e. The number of halogens is 1. The fraction of sp³-hybridized carbons (Fsp3) is 0.692. The van der Waals surface area contributed by atoms with E-state index in [-0.39, 0.29) is 34.5 Å². The average molecular weight is 524 g/mol. The Morgan fingerprint density at radius 2 is 1.47 bits per heavy atom. The van der Waals surface area contributed by atoms with E-state index in [1.54, 1.807) is 6.92 Å². The number of ether oxygens (including phenoxy) is 1. The molecule has 2 atom stereocenters. The zero-order valence-electron chi connectivity index (χ0n) is 22.3. The molecule has 2 aromatic heterocycles. The van der Waals surface area contributed by atoms with Crippen molar-refractivity contribution in [2.24, 2.45) is 11.8 Å². The van der Waals surface area contributed by atoms with E-state index in [0.717, 1.165) is 55.8 Å². The zero-order valence-corrected chi connectivity index (χ0v) is 23.1. The second-order valence-electron chi connectivity index (χ2n) is 9.23. The fourth-order valence-corrected chi connectivity index (χ4v) is 4.60. The highest BCUT2D eigenvalue weighted by Crippen LogP contribution is 2.27. The van der Waals surface area contributed by atoms with Crippen LogP contribution in [0.1, 0.15) is 107 Å². The van der Waals surface area contributed by atoms with Crippen LogP contribution in [-0.4, -0.2) is 45.9 Å². The van der Waals surface area contributed by atoms with E-state index >= 15 is 0 Å². The number of hydrogen-bond donors (Lipinski definition) is 3. The van der Waals surface area contributed by atoms with E-state index in [9.17, 15) is 14.4 Å². The van der Waals surface area contributed by atoms with Crippen molar-refractivity contribution in [1.29, 1.82) is 0 Å². The third-order valence-electron chi connectivity index (χ3n) is 6.64. The maximum atomic E-state index is 13.5. The van der Waals surface area contributed by atoms with Gasteiger partial charge in [0.05, 0.1) is 17.7 Å². The number of amides is 2. The van der Waals surface area contributed by atoms with Gasteiger partial charge < -0.3 is 15.4 Å². The second kappa shape index (κ2) is 14.9. The fourth-order valence-electron chi connectivity index (χ4n) is 4.26. The maximum absolute atomic E-state index is 13.5. The van der Waals surface area contributed by atoms with Crippen molar-refractivity contribution >= 4 is 29.1 Å². The Kier molecular flexibility index (Phi) is 12.3. The number of carbonyl (C=O) groups excluding carboxylic acids is 2. The van der Waals surface area contributed by atoms with Crippen molar-refractivity contribution in [3.63, 3.8) is 0 Å². The lowest BCUT2D eigenvalue weighted by Gasteiger charge is -2.16. The molecule has 0 saturated heterocycles. The highest BCUT2D eigenvalue weighted by molar-refractivity contribution is 6.35. The lowest BCUT2D eigenvalue weighted by Crippen LogP contribution is -2.33. The lowest BCUT2D eigenvalue weighted by atomic mass is 9.99. The van der Waals surface area contributed by atoms with Gasteiger partial charge in [-0.3, -0.25) is 14.6 Å². The van der Waals surface area contributed by atoms with Crippen molar-refractivity contribution in [3.05, 3.63) is 26.8 Å². The quantitative estimate of drug-likeness (QED) is 0.287. The number of fused-ring (bicyclic) bond motifs is 1. The van der Waals surface area contributed by atoms with Crippen molar-refractivity contribution in [1.82, 2.24) is 25.0 Å². The van der Waals surface area contributed by atoms with Gasteiger partial charge in [-0.1, -0.05) is 77.8 Å². The van der Waals surface area contributed by atoms with Gasteiger partial charge in [-0.15, -0.1) is 0 Å². The predicted molar refractivity (Wildman–Crippen MR) is 143 cm³/mol. The summed E-state index contributed by atoms with van der Waals surface area (Å²) in [5.41, 5.74) is -0.705. The Hall–Kier alpha value is -2.55. The molecule has 0 fully saturated rings. The molecule has 0 spiro atoms. The van der Waals surface area contributed by atoms with Crippen molar-refractivity contribution < 1.29 is 14.3 Å². The number of nitrogens with one attached hydrogen (secondary N) is 3. The van der Waals surface area contributed by atoms with Crippen LogP contribution in [0.3, 0.4) is 0 Å². The minimum Gasteiger partial charge on any atom is -0.465 e. The molecule has 0 aliphatic heterocycles. The molecule has 0 radical (unpaired) electrons. The normalized spacial score (nSPS) is 12.9. The molecule has 10 heteroatoms. The Bertz CT molecular complexity index is 1060. The van der Waals surface area contributed by atoms with Gasteiger partial charge in [0.25, 0.3) is 17.8 Å². The summed E-state index contributed by atoms with van der Waals surface area (Å²) in [6.07, 6.45) is 8.17. The Balaban J connectivity index is 2.46. The first kappa shape index (κ1) is 29.7. The van der Waals surface area contributed by atoms with Crippen LogP contribution in [0.2, 0.25) is 5.15 Å². The number of rotatable bonds is 16. The molecular weight excluding hydrogens is 482 g/mol. The summed E-state index contributed by atoms with van der Waals surface area (Å²) in [7, 11) is 0. The van der Waals surface area contributed by atoms with Crippen LogP contribution in [0.4, 0.5) is 0 Å². The Morgan fingerprint density at radius 1 is 0.944 bits per heavy atom. The monoisotopic (exact) mass is 523 g/mol. The molecule has 0 bridgehead atoms. The molecule has 3 N–H and O–H groups in total. The SMILES string of the molecule is CCCCC(CC)CNC(=O)c1c(C(=O)NCC(CC)CCCC)c2nc(OCC)[nH]c(=O)n2c1Cl. The van der Waals surface area contributed by atoms with Gasteiger partial charge in [0, 0.05) is 13.1 Å². The molecule has 202 valence electrons. The van der Waals surface area contributed by atoms with Crippen LogP contribution in [0, 0.1) is 11.8 Å². The topological polar surface area (TPSA) is 118 Å². The number of aromatic amines is 1. The van der Waals surface area contributed by atoms with Crippen LogP contribution in [0.5, 0.6) is 6.01 Å². The van der Waals surface area contributed by atoms with E-state index in [1.165, 1.54) is 0 Å². The number of nitrogens with zero attached hydrogens (tertiary/aromatic N) is 2. The summed E-state index contributed by atoms with van der Waals surface area (Å²) in [6, 6.07) is -0.0369. The van der Waals surface area contributed by atoms with E-state index in [4.69, 9.17) is 16.3 Å². The van der Waals surface area contributed by atoms with Crippen LogP contribution in [0.15, 0.2) is 4.79 Å².